The number of hydrogen-bond acceptors (Lipinski definition) is 4. The molecule has 1 fully saturated rings. The van der Waals surface area contributed by atoms with E-state index in [2.05, 4.69) is 0 Å². The first-order valence-corrected chi connectivity index (χ1v) is 5.94. The monoisotopic (exact) mass is 205 g/mol. The van der Waals surface area contributed by atoms with Crippen molar-refractivity contribution in [3.8, 4) is 0 Å². The minimum absolute atomic E-state index is 0.183. The van der Waals surface area contributed by atoms with Gasteiger partial charge in [-0.15, -0.1) is 0 Å². The van der Waals surface area contributed by atoms with E-state index in [4.69, 9.17) is 15.2 Å². The molecule has 1 heterocycles. The molecule has 1 saturated heterocycles. The van der Waals surface area contributed by atoms with Gasteiger partial charge in [-0.2, -0.15) is 11.8 Å². The van der Waals surface area contributed by atoms with Crippen molar-refractivity contribution in [2.45, 2.75) is 25.0 Å². The van der Waals surface area contributed by atoms with Crippen molar-refractivity contribution in [1.82, 2.24) is 0 Å². The van der Waals surface area contributed by atoms with Crippen LogP contribution in [0.2, 0.25) is 0 Å². The van der Waals surface area contributed by atoms with Gasteiger partial charge in [0.15, 0.2) is 0 Å². The van der Waals surface area contributed by atoms with Crippen LogP contribution in [0, 0.1) is 0 Å². The van der Waals surface area contributed by atoms with Crippen LogP contribution in [0.5, 0.6) is 0 Å². The van der Waals surface area contributed by atoms with Gasteiger partial charge in [0.2, 0.25) is 0 Å². The minimum Gasteiger partial charge on any atom is -0.385 e. The van der Waals surface area contributed by atoms with Gasteiger partial charge < -0.3 is 15.2 Å². The molecule has 0 aliphatic carbocycles. The summed E-state index contributed by atoms with van der Waals surface area (Å²) in [5.74, 6) is 2.16. The van der Waals surface area contributed by atoms with E-state index in [-0.39, 0.29) is 12.1 Å². The Kier molecular flexibility index (Phi) is 5.78. The van der Waals surface area contributed by atoms with Crippen molar-refractivity contribution >= 4 is 11.8 Å². The number of methoxy groups -OCH3 is 1. The maximum atomic E-state index is 6.00. The summed E-state index contributed by atoms with van der Waals surface area (Å²) in [6.07, 6.45) is 2.29. The molecule has 0 amide bonds. The quantitative estimate of drug-likeness (QED) is 0.677. The lowest BCUT2D eigenvalue weighted by atomic mass is 10.1. The Hall–Kier alpha value is 0.230. The zero-order valence-electron chi connectivity index (χ0n) is 8.20. The Balaban J connectivity index is 2.09. The molecule has 1 aliphatic rings. The second kappa shape index (κ2) is 6.65. The van der Waals surface area contributed by atoms with Gasteiger partial charge >= 0.3 is 0 Å². The van der Waals surface area contributed by atoms with E-state index in [9.17, 15) is 0 Å². The fourth-order valence-electron chi connectivity index (χ4n) is 1.40. The van der Waals surface area contributed by atoms with Crippen LogP contribution in [0.4, 0.5) is 0 Å². The third kappa shape index (κ3) is 4.31. The highest BCUT2D eigenvalue weighted by atomic mass is 32.2. The Labute approximate surface area is 84.3 Å². The van der Waals surface area contributed by atoms with E-state index in [0.717, 1.165) is 37.6 Å². The van der Waals surface area contributed by atoms with Crippen LogP contribution in [0.15, 0.2) is 0 Å². The van der Waals surface area contributed by atoms with Crippen LogP contribution >= 0.6 is 11.8 Å². The Bertz CT molecular complexity index is 129. The van der Waals surface area contributed by atoms with E-state index >= 15 is 0 Å². The molecular weight excluding hydrogens is 186 g/mol. The summed E-state index contributed by atoms with van der Waals surface area (Å²) in [5.41, 5.74) is 6.00. The van der Waals surface area contributed by atoms with Crippen LogP contribution in [0.25, 0.3) is 0 Å². The average molecular weight is 205 g/mol. The topological polar surface area (TPSA) is 44.5 Å². The smallest absolute Gasteiger partial charge is 0.0816 e. The van der Waals surface area contributed by atoms with Crippen LogP contribution in [0.3, 0.4) is 0 Å². The first kappa shape index (κ1) is 11.3. The highest BCUT2D eigenvalue weighted by Gasteiger charge is 2.20. The lowest BCUT2D eigenvalue weighted by Gasteiger charge is -2.27. The highest BCUT2D eigenvalue weighted by molar-refractivity contribution is 7.99. The highest BCUT2D eigenvalue weighted by Crippen LogP contribution is 2.16. The molecule has 1 aliphatic heterocycles. The molecular formula is C9H19NO2S. The number of hydrogen-bond donors (Lipinski definition) is 1. The Morgan fingerprint density at radius 3 is 3.15 bits per heavy atom. The van der Waals surface area contributed by atoms with Gasteiger partial charge in [0.1, 0.15) is 0 Å². The van der Waals surface area contributed by atoms with Crippen molar-refractivity contribution in [1.29, 1.82) is 0 Å². The molecule has 0 saturated carbocycles. The molecule has 3 nitrogen and oxygen atoms in total. The second-order valence-electron chi connectivity index (χ2n) is 3.28. The van der Waals surface area contributed by atoms with E-state index in [0.29, 0.717) is 0 Å². The lowest BCUT2D eigenvalue weighted by molar-refractivity contribution is 0.0525. The van der Waals surface area contributed by atoms with Crippen molar-refractivity contribution in [3.05, 3.63) is 0 Å². The normalized spacial score (nSPS) is 25.8. The lowest BCUT2D eigenvalue weighted by Crippen LogP contribution is -2.41. The SMILES string of the molecule is COCCCC(N)C1CSCCO1. The molecule has 78 valence electrons. The molecule has 0 aromatic rings. The molecule has 0 spiro atoms. The van der Waals surface area contributed by atoms with E-state index in [1.54, 1.807) is 7.11 Å². The third-order valence-corrected chi connectivity index (χ3v) is 3.22. The van der Waals surface area contributed by atoms with E-state index in [1.165, 1.54) is 0 Å². The van der Waals surface area contributed by atoms with Gasteiger partial charge in [0.05, 0.1) is 12.7 Å². The summed E-state index contributed by atoms with van der Waals surface area (Å²) in [5, 5.41) is 0. The largest absolute Gasteiger partial charge is 0.385 e. The summed E-state index contributed by atoms with van der Waals surface area (Å²) >= 11 is 1.93. The molecule has 2 unspecified atom stereocenters. The van der Waals surface area contributed by atoms with Crippen LogP contribution in [-0.2, 0) is 9.47 Å². The zero-order valence-corrected chi connectivity index (χ0v) is 9.02. The fraction of sp³-hybridized carbons (Fsp3) is 1.00. The average Bonchev–Trinajstić information content (AvgIpc) is 2.19. The maximum Gasteiger partial charge on any atom is 0.0816 e. The van der Waals surface area contributed by atoms with E-state index < -0.39 is 0 Å². The number of nitrogens with two attached hydrogens (primary N) is 1. The third-order valence-electron chi connectivity index (χ3n) is 2.21. The zero-order chi connectivity index (χ0) is 9.52. The van der Waals surface area contributed by atoms with Crippen LogP contribution in [0.1, 0.15) is 12.8 Å². The predicted molar refractivity (Wildman–Crippen MR) is 56.2 cm³/mol. The van der Waals surface area contributed by atoms with Gasteiger partial charge in [-0.25, -0.2) is 0 Å². The maximum absolute atomic E-state index is 6.00. The predicted octanol–water partition coefficient (Wildman–Crippen LogP) is 0.872. The van der Waals surface area contributed by atoms with Gasteiger partial charge in [0, 0.05) is 31.3 Å². The Morgan fingerprint density at radius 1 is 1.69 bits per heavy atom. The number of ether oxygens (including phenoxy) is 2. The second-order valence-corrected chi connectivity index (χ2v) is 4.43. The molecule has 0 radical (unpaired) electrons. The summed E-state index contributed by atoms with van der Waals surface area (Å²) in [4.78, 5) is 0. The van der Waals surface area contributed by atoms with Crippen molar-refractivity contribution in [2.24, 2.45) is 5.73 Å². The first-order valence-electron chi connectivity index (χ1n) is 4.78. The summed E-state index contributed by atoms with van der Waals surface area (Å²) in [6.45, 7) is 1.65. The number of rotatable bonds is 5. The standard InChI is InChI=1S/C9H19NO2S/c1-11-4-2-3-8(10)9-7-13-6-5-12-9/h8-9H,2-7,10H2,1H3. The van der Waals surface area contributed by atoms with Crippen molar-refractivity contribution in [3.63, 3.8) is 0 Å². The summed E-state index contributed by atoms with van der Waals surface area (Å²) < 4.78 is 10.6. The summed E-state index contributed by atoms with van der Waals surface area (Å²) in [6, 6.07) is 0.183. The molecule has 0 bridgehead atoms. The van der Waals surface area contributed by atoms with E-state index in [1.807, 2.05) is 11.8 Å². The molecule has 0 aromatic carbocycles. The molecule has 13 heavy (non-hydrogen) atoms. The molecule has 4 heteroatoms. The van der Waals surface area contributed by atoms with Gasteiger partial charge in [-0.05, 0) is 12.8 Å². The fourth-order valence-corrected chi connectivity index (χ4v) is 2.36. The van der Waals surface area contributed by atoms with Crippen LogP contribution < -0.4 is 5.73 Å². The van der Waals surface area contributed by atoms with Crippen molar-refractivity contribution in [2.75, 3.05) is 31.8 Å². The summed E-state index contributed by atoms with van der Waals surface area (Å²) in [7, 11) is 1.72. The van der Waals surface area contributed by atoms with Crippen molar-refractivity contribution < 1.29 is 9.47 Å². The molecule has 1 rings (SSSR count). The van der Waals surface area contributed by atoms with Gasteiger partial charge in [-0.1, -0.05) is 0 Å². The van der Waals surface area contributed by atoms with Gasteiger partial charge in [-0.3, -0.25) is 0 Å². The van der Waals surface area contributed by atoms with Crippen LogP contribution in [-0.4, -0.2) is 44.0 Å². The Morgan fingerprint density at radius 2 is 2.54 bits per heavy atom. The number of thioether (sulfide) groups is 1. The molecule has 0 aromatic heterocycles. The minimum atomic E-state index is 0.183. The first-order chi connectivity index (χ1) is 6.34. The molecule has 2 N–H and O–H groups in total. The molecule has 2 atom stereocenters. The van der Waals surface area contributed by atoms with Gasteiger partial charge in [0.25, 0.3) is 0 Å².